The van der Waals surface area contributed by atoms with Gasteiger partial charge in [-0.05, 0) is 24.6 Å². The van der Waals surface area contributed by atoms with Crippen LogP contribution in [0.2, 0.25) is 0 Å². The van der Waals surface area contributed by atoms with Crippen molar-refractivity contribution in [3.8, 4) is 5.69 Å². The van der Waals surface area contributed by atoms with Crippen molar-refractivity contribution in [2.75, 3.05) is 20.3 Å². The lowest BCUT2D eigenvalue weighted by Gasteiger charge is -2.09. The van der Waals surface area contributed by atoms with E-state index < -0.39 is 23.6 Å². The van der Waals surface area contributed by atoms with Crippen molar-refractivity contribution < 1.29 is 23.4 Å². The molecule has 0 bridgehead atoms. The summed E-state index contributed by atoms with van der Waals surface area (Å²) in [5, 5.41) is 15.9. The second-order valence-corrected chi connectivity index (χ2v) is 4.87. The Kier molecular flexibility index (Phi) is 5.78. The summed E-state index contributed by atoms with van der Waals surface area (Å²) in [6, 6.07) is 4.82. The van der Waals surface area contributed by atoms with Crippen LogP contribution in [0.15, 0.2) is 30.5 Å². The molecule has 2 N–H and O–H groups in total. The lowest BCUT2D eigenvalue weighted by atomic mass is 10.2. The Bertz CT molecular complexity index is 655. The molecule has 0 spiro atoms. The number of amides is 1. The lowest BCUT2D eigenvalue weighted by molar-refractivity contribution is 0.0587. The van der Waals surface area contributed by atoms with Gasteiger partial charge in [-0.2, -0.15) is 5.10 Å². The molecule has 0 saturated heterocycles. The molecule has 2 aromatic rings. The second-order valence-electron chi connectivity index (χ2n) is 4.87. The van der Waals surface area contributed by atoms with E-state index in [4.69, 9.17) is 4.74 Å². The molecule has 0 radical (unpaired) electrons. The maximum atomic E-state index is 13.7. The van der Waals surface area contributed by atoms with Gasteiger partial charge in [-0.3, -0.25) is 4.79 Å². The highest BCUT2D eigenvalue weighted by molar-refractivity contribution is 5.92. The number of carbonyl (C=O) groups is 1. The van der Waals surface area contributed by atoms with E-state index in [2.05, 4.69) is 10.4 Å². The lowest BCUT2D eigenvalue weighted by Crippen LogP contribution is -2.28. The molecule has 1 aromatic carbocycles. The number of ether oxygens (including phenoxy) is 1. The minimum atomic E-state index is -0.775. The van der Waals surface area contributed by atoms with Crippen LogP contribution in [0.3, 0.4) is 0 Å². The molecule has 2 rings (SSSR count). The number of aliphatic hydroxyl groups is 1. The first-order valence-electron chi connectivity index (χ1n) is 6.98. The van der Waals surface area contributed by atoms with Gasteiger partial charge in [-0.1, -0.05) is 6.07 Å². The van der Waals surface area contributed by atoms with Gasteiger partial charge in [0.2, 0.25) is 0 Å². The number of benzene rings is 1. The molecule has 0 aliphatic heterocycles. The summed E-state index contributed by atoms with van der Waals surface area (Å²) in [7, 11) is 1.47. The number of para-hydroxylation sites is 1. The van der Waals surface area contributed by atoms with Crippen molar-refractivity contribution in [3.05, 3.63) is 47.8 Å². The highest BCUT2D eigenvalue weighted by Crippen LogP contribution is 2.16. The molecule has 23 heavy (non-hydrogen) atoms. The topological polar surface area (TPSA) is 76.4 Å². The van der Waals surface area contributed by atoms with Gasteiger partial charge in [0.15, 0.2) is 17.3 Å². The van der Waals surface area contributed by atoms with Crippen molar-refractivity contribution in [1.82, 2.24) is 15.1 Å². The van der Waals surface area contributed by atoms with Crippen molar-refractivity contribution in [1.29, 1.82) is 0 Å². The molecule has 1 heterocycles. The molecule has 6 nitrogen and oxygen atoms in total. The van der Waals surface area contributed by atoms with E-state index in [9.17, 15) is 18.7 Å². The third kappa shape index (κ3) is 4.33. The number of aliphatic hydroxyl groups excluding tert-OH is 1. The molecule has 1 aromatic heterocycles. The van der Waals surface area contributed by atoms with Crippen LogP contribution in [0.1, 0.15) is 16.9 Å². The molecule has 1 unspecified atom stereocenters. The van der Waals surface area contributed by atoms with Gasteiger partial charge in [0.25, 0.3) is 5.91 Å². The maximum absolute atomic E-state index is 13.7. The number of nitrogens with zero attached hydrogens (tertiary/aromatic N) is 2. The van der Waals surface area contributed by atoms with Gasteiger partial charge < -0.3 is 15.2 Å². The number of aromatic nitrogens is 2. The quantitative estimate of drug-likeness (QED) is 0.804. The predicted octanol–water partition coefficient (Wildman–Crippen LogP) is 1.28. The molecule has 0 aliphatic carbocycles. The Morgan fingerprint density at radius 2 is 2.09 bits per heavy atom. The van der Waals surface area contributed by atoms with E-state index in [0.29, 0.717) is 6.42 Å². The maximum Gasteiger partial charge on any atom is 0.271 e. The molecule has 0 fully saturated rings. The van der Waals surface area contributed by atoms with Crippen molar-refractivity contribution in [3.63, 3.8) is 0 Å². The highest BCUT2D eigenvalue weighted by atomic mass is 19.1. The molecular formula is C15H17F2N3O3. The average Bonchev–Trinajstić information content (AvgIpc) is 2.97. The van der Waals surface area contributed by atoms with Gasteiger partial charge in [0.1, 0.15) is 5.69 Å². The number of hydrogen-bond donors (Lipinski definition) is 2. The first kappa shape index (κ1) is 17.0. The predicted molar refractivity (Wildman–Crippen MR) is 78.3 cm³/mol. The Labute approximate surface area is 131 Å². The van der Waals surface area contributed by atoms with Crippen LogP contribution < -0.4 is 5.32 Å². The van der Waals surface area contributed by atoms with E-state index >= 15 is 0 Å². The van der Waals surface area contributed by atoms with Crippen LogP contribution in [0, 0.1) is 11.6 Å². The minimum Gasteiger partial charge on any atom is -0.391 e. The Hall–Kier alpha value is -2.32. The zero-order valence-electron chi connectivity index (χ0n) is 12.5. The number of rotatable bonds is 7. The summed E-state index contributed by atoms with van der Waals surface area (Å²) < 4.78 is 33.1. The number of hydrogen-bond acceptors (Lipinski definition) is 4. The summed E-state index contributed by atoms with van der Waals surface area (Å²) in [5.41, 5.74) is -0.323. The van der Waals surface area contributed by atoms with Crippen LogP contribution in [0.4, 0.5) is 8.78 Å². The molecule has 1 amide bonds. The fraction of sp³-hybridized carbons (Fsp3) is 0.333. The fourth-order valence-electron chi connectivity index (χ4n) is 2.00. The van der Waals surface area contributed by atoms with Crippen LogP contribution in [-0.2, 0) is 4.74 Å². The Morgan fingerprint density at radius 1 is 1.39 bits per heavy atom. The molecule has 124 valence electrons. The molecule has 1 atom stereocenters. The zero-order chi connectivity index (χ0) is 16.8. The van der Waals surface area contributed by atoms with Crippen LogP contribution >= 0.6 is 0 Å². The average molecular weight is 325 g/mol. The highest BCUT2D eigenvalue weighted by Gasteiger charge is 2.15. The first-order chi connectivity index (χ1) is 11.0. The van der Waals surface area contributed by atoms with E-state index in [1.54, 1.807) is 0 Å². The van der Waals surface area contributed by atoms with Gasteiger partial charge in [0.05, 0.1) is 12.7 Å². The fourth-order valence-corrected chi connectivity index (χ4v) is 2.00. The van der Waals surface area contributed by atoms with Crippen molar-refractivity contribution >= 4 is 5.91 Å². The van der Waals surface area contributed by atoms with E-state index in [-0.39, 0.29) is 24.5 Å². The van der Waals surface area contributed by atoms with Crippen LogP contribution in [0.25, 0.3) is 5.69 Å². The van der Waals surface area contributed by atoms with Gasteiger partial charge in [-0.25, -0.2) is 13.5 Å². The minimum absolute atomic E-state index is 0.0221. The molecule has 0 saturated carbocycles. The van der Waals surface area contributed by atoms with E-state index in [1.807, 2.05) is 0 Å². The monoisotopic (exact) mass is 325 g/mol. The van der Waals surface area contributed by atoms with Gasteiger partial charge >= 0.3 is 0 Å². The Morgan fingerprint density at radius 3 is 2.74 bits per heavy atom. The van der Waals surface area contributed by atoms with E-state index in [1.165, 1.54) is 25.4 Å². The summed E-state index contributed by atoms with van der Waals surface area (Å²) in [6.07, 6.45) is 0.948. The molecule has 8 heteroatoms. The summed E-state index contributed by atoms with van der Waals surface area (Å²) in [6.45, 7) is 0.404. The third-order valence-corrected chi connectivity index (χ3v) is 3.11. The zero-order valence-corrected chi connectivity index (χ0v) is 12.5. The summed E-state index contributed by atoms with van der Waals surface area (Å²) in [4.78, 5) is 11.9. The number of methoxy groups -OCH3 is 1. The molecular weight excluding hydrogens is 308 g/mol. The SMILES string of the molecule is COCC(O)CCNC(=O)c1ccn(-c2c(F)cccc2F)n1. The largest absolute Gasteiger partial charge is 0.391 e. The molecule has 0 aliphatic rings. The van der Waals surface area contributed by atoms with Crippen LogP contribution in [-0.4, -0.2) is 47.2 Å². The standard InChI is InChI=1S/C15H17F2N3O3/c1-23-9-10(21)5-7-18-15(22)13-6-8-20(19-13)14-11(16)3-2-4-12(14)17/h2-4,6,8,10,21H,5,7,9H2,1H3,(H,18,22). The van der Waals surface area contributed by atoms with Crippen molar-refractivity contribution in [2.24, 2.45) is 0 Å². The normalized spacial score (nSPS) is 12.2. The van der Waals surface area contributed by atoms with Gasteiger partial charge in [-0.15, -0.1) is 0 Å². The van der Waals surface area contributed by atoms with Crippen molar-refractivity contribution in [2.45, 2.75) is 12.5 Å². The Balaban J connectivity index is 2.00. The first-order valence-corrected chi connectivity index (χ1v) is 6.98. The smallest absolute Gasteiger partial charge is 0.271 e. The second kappa shape index (κ2) is 7.80. The number of nitrogens with one attached hydrogen (secondary N) is 1. The summed E-state index contributed by atoms with van der Waals surface area (Å²) >= 11 is 0. The third-order valence-electron chi connectivity index (χ3n) is 3.11. The van der Waals surface area contributed by atoms with Crippen LogP contribution in [0.5, 0.6) is 0 Å². The van der Waals surface area contributed by atoms with Gasteiger partial charge in [0, 0.05) is 19.9 Å². The summed E-state index contributed by atoms with van der Waals surface area (Å²) in [5.74, 6) is -2.05. The number of halogens is 2. The number of carbonyl (C=O) groups excluding carboxylic acids is 1. The van der Waals surface area contributed by atoms with E-state index in [0.717, 1.165) is 16.8 Å².